The lowest BCUT2D eigenvalue weighted by atomic mass is 10.00. The monoisotopic (exact) mass is 582 g/mol. The number of para-hydroxylation sites is 1. The molecule has 0 saturated heterocycles. The summed E-state index contributed by atoms with van der Waals surface area (Å²) in [7, 11) is 0. The summed E-state index contributed by atoms with van der Waals surface area (Å²) < 4.78 is 5.39. The van der Waals surface area contributed by atoms with Crippen molar-refractivity contribution in [2.75, 3.05) is 11.9 Å². The van der Waals surface area contributed by atoms with E-state index < -0.39 is 41.5 Å². The molecule has 0 aromatic heterocycles. The zero-order valence-electron chi connectivity index (χ0n) is 25.7. The molecular weight excluding hydrogens is 536 g/mol. The molecule has 0 radical (unpaired) electrons. The Morgan fingerprint density at radius 1 is 0.976 bits per heavy atom. The third kappa shape index (κ3) is 10.7. The number of carbonyl (C=O) groups is 4. The molecular formula is C32H46N4O6. The number of hydrogen-bond donors (Lipinski definition) is 4. The zero-order valence-corrected chi connectivity index (χ0v) is 25.7. The van der Waals surface area contributed by atoms with Gasteiger partial charge in [0, 0.05) is 18.7 Å². The number of unbranched alkanes of at least 4 members (excludes halogenated alkanes) is 3. The fraction of sp³-hybridized carbons (Fsp3) is 0.500. The van der Waals surface area contributed by atoms with Crippen LogP contribution in [0.1, 0.15) is 89.0 Å². The lowest BCUT2D eigenvalue weighted by Crippen LogP contribution is -2.53. The third-order valence-electron chi connectivity index (χ3n) is 6.70. The molecule has 2 aromatic carbocycles. The number of amides is 4. The maximum Gasteiger partial charge on any atom is 0.408 e. The molecule has 10 nitrogen and oxygen atoms in total. The van der Waals surface area contributed by atoms with Crippen molar-refractivity contribution < 1.29 is 29.0 Å². The van der Waals surface area contributed by atoms with Crippen LogP contribution in [0.15, 0.2) is 42.5 Å². The Morgan fingerprint density at radius 2 is 1.60 bits per heavy atom. The van der Waals surface area contributed by atoms with Gasteiger partial charge in [-0.25, -0.2) is 4.79 Å². The Hall–Kier alpha value is -4.08. The molecule has 2 aromatic rings. The molecule has 0 saturated carbocycles. The van der Waals surface area contributed by atoms with E-state index in [1.165, 1.54) is 17.0 Å². The molecule has 0 bridgehead atoms. The van der Waals surface area contributed by atoms with Crippen molar-refractivity contribution in [2.24, 2.45) is 5.73 Å². The number of nitrogens with zero attached hydrogens (tertiary/aromatic N) is 1. The van der Waals surface area contributed by atoms with E-state index in [1.807, 2.05) is 32.0 Å². The quantitative estimate of drug-likeness (QED) is 0.223. The minimum atomic E-state index is -1.17. The summed E-state index contributed by atoms with van der Waals surface area (Å²) in [6.45, 7) is 11.2. The number of ether oxygens (including phenoxy) is 1. The van der Waals surface area contributed by atoms with Gasteiger partial charge in [-0.1, -0.05) is 56.5 Å². The van der Waals surface area contributed by atoms with Gasteiger partial charge < -0.3 is 31.1 Å². The highest BCUT2D eigenvalue weighted by atomic mass is 16.6. The van der Waals surface area contributed by atoms with Crippen molar-refractivity contribution in [1.29, 1.82) is 0 Å². The van der Waals surface area contributed by atoms with Gasteiger partial charge in [0.2, 0.25) is 11.8 Å². The van der Waals surface area contributed by atoms with E-state index in [0.29, 0.717) is 17.7 Å². The van der Waals surface area contributed by atoms with Crippen LogP contribution in [0.2, 0.25) is 0 Å². The Bertz CT molecular complexity index is 1200. The number of rotatable bonds is 14. The van der Waals surface area contributed by atoms with Crippen molar-refractivity contribution in [1.82, 2.24) is 10.2 Å². The number of aryl methyl sites for hydroxylation is 2. The van der Waals surface area contributed by atoms with Crippen molar-refractivity contribution in [3.8, 4) is 5.75 Å². The average Bonchev–Trinajstić information content (AvgIpc) is 2.89. The van der Waals surface area contributed by atoms with Crippen LogP contribution < -0.4 is 16.4 Å². The number of phenolic OH excluding ortho intramolecular Hbond substituents is 1. The van der Waals surface area contributed by atoms with Gasteiger partial charge in [0.15, 0.2) is 0 Å². The first kappa shape index (κ1) is 34.1. The van der Waals surface area contributed by atoms with E-state index in [-0.39, 0.29) is 25.1 Å². The van der Waals surface area contributed by atoms with Gasteiger partial charge in [-0.05, 0) is 76.3 Å². The number of anilines is 1. The highest BCUT2D eigenvalue weighted by Crippen LogP contribution is 2.29. The van der Waals surface area contributed by atoms with Gasteiger partial charge in [-0.3, -0.25) is 14.4 Å². The molecule has 0 aliphatic carbocycles. The van der Waals surface area contributed by atoms with Gasteiger partial charge in [0.05, 0.1) is 0 Å². The Kier molecular flexibility index (Phi) is 12.8. The van der Waals surface area contributed by atoms with Crippen LogP contribution in [0.3, 0.4) is 0 Å². The predicted octanol–water partition coefficient (Wildman–Crippen LogP) is 5.26. The zero-order chi connectivity index (χ0) is 31.4. The molecule has 230 valence electrons. The second-order valence-electron chi connectivity index (χ2n) is 11.5. The van der Waals surface area contributed by atoms with Crippen LogP contribution in [-0.2, 0) is 19.1 Å². The molecule has 10 heteroatoms. The molecule has 2 atom stereocenters. The van der Waals surface area contributed by atoms with E-state index in [2.05, 4.69) is 17.6 Å². The summed E-state index contributed by atoms with van der Waals surface area (Å²) in [4.78, 5) is 54.2. The van der Waals surface area contributed by atoms with Crippen LogP contribution in [-0.4, -0.2) is 52.0 Å². The second-order valence-corrected chi connectivity index (χ2v) is 11.5. The lowest BCUT2D eigenvalue weighted by molar-refractivity contribution is -0.141. The first-order valence-electron chi connectivity index (χ1n) is 14.5. The van der Waals surface area contributed by atoms with E-state index in [9.17, 15) is 24.3 Å². The minimum Gasteiger partial charge on any atom is -0.508 e. The van der Waals surface area contributed by atoms with Crippen molar-refractivity contribution >= 4 is 29.5 Å². The largest absolute Gasteiger partial charge is 0.508 e. The number of alkyl carbamates (subject to hydrolysis) is 1. The molecule has 0 fully saturated rings. The number of nitrogens with one attached hydrogen (secondary N) is 2. The van der Waals surface area contributed by atoms with Crippen LogP contribution >= 0.6 is 0 Å². The highest BCUT2D eigenvalue weighted by Gasteiger charge is 2.36. The van der Waals surface area contributed by atoms with E-state index in [4.69, 9.17) is 10.5 Å². The van der Waals surface area contributed by atoms with Gasteiger partial charge in [-0.2, -0.15) is 0 Å². The Balaban J connectivity index is 2.58. The maximum atomic E-state index is 14.3. The second kappa shape index (κ2) is 15.8. The fourth-order valence-corrected chi connectivity index (χ4v) is 4.60. The lowest BCUT2D eigenvalue weighted by Gasteiger charge is -2.35. The Morgan fingerprint density at radius 3 is 2.14 bits per heavy atom. The number of phenols is 1. The van der Waals surface area contributed by atoms with Crippen molar-refractivity contribution in [3.63, 3.8) is 0 Å². The molecule has 0 spiro atoms. The third-order valence-corrected chi connectivity index (χ3v) is 6.70. The number of carbonyl (C=O) groups excluding carboxylic acids is 4. The van der Waals surface area contributed by atoms with Gasteiger partial charge in [0.1, 0.15) is 23.4 Å². The molecule has 0 heterocycles. The van der Waals surface area contributed by atoms with Gasteiger partial charge in [-0.15, -0.1) is 0 Å². The van der Waals surface area contributed by atoms with Crippen LogP contribution in [0.4, 0.5) is 10.5 Å². The average molecular weight is 583 g/mol. The summed E-state index contributed by atoms with van der Waals surface area (Å²) >= 11 is 0. The number of hydrogen-bond acceptors (Lipinski definition) is 6. The standard InChI is InChI=1S/C32H46N4O6/c1-7-8-9-10-20-36(30(40)25(18-19-26(33)38)34-31(41)42-32(4,5)6)28(23-14-16-24(37)17-15-23)29(39)35-27-21(2)12-11-13-22(27)3/h11-17,25,28,37H,7-10,18-20H2,1-6H3,(H2,33,38)(H,34,41)(H,35,39). The van der Waals surface area contributed by atoms with Crippen LogP contribution in [0.5, 0.6) is 5.75 Å². The van der Waals surface area contributed by atoms with Crippen molar-refractivity contribution in [3.05, 3.63) is 59.2 Å². The Labute approximate surface area is 249 Å². The van der Waals surface area contributed by atoms with E-state index >= 15 is 0 Å². The summed E-state index contributed by atoms with van der Waals surface area (Å²) in [5.41, 5.74) is 7.42. The summed E-state index contributed by atoms with van der Waals surface area (Å²) in [6, 6.07) is 9.49. The summed E-state index contributed by atoms with van der Waals surface area (Å²) in [5, 5.41) is 15.6. The SMILES string of the molecule is CCCCCCN(C(=O)C(CCC(N)=O)NC(=O)OC(C)(C)C)C(C(=O)Nc1c(C)cccc1C)c1ccc(O)cc1. The molecule has 2 rings (SSSR count). The van der Waals surface area contributed by atoms with E-state index in [1.54, 1.807) is 32.9 Å². The molecule has 42 heavy (non-hydrogen) atoms. The predicted molar refractivity (Wildman–Crippen MR) is 163 cm³/mol. The topological polar surface area (TPSA) is 151 Å². The number of benzene rings is 2. The smallest absolute Gasteiger partial charge is 0.408 e. The fourth-order valence-electron chi connectivity index (χ4n) is 4.60. The first-order chi connectivity index (χ1) is 19.7. The normalized spacial score (nSPS) is 12.6. The van der Waals surface area contributed by atoms with E-state index in [0.717, 1.165) is 30.4 Å². The number of primary amides is 1. The molecule has 0 aliphatic rings. The summed E-state index contributed by atoms with van der Waals surface area (Å²) in [6.07, 6.45) is 2.31. The number of aromatic hydroxyl groups is 1. The molecule has 2 unspecified atom stereocenters. The highest BCUT2D eigenvalue weighted by molar-refractivity contribution is 6.00. The maximum absolute atomic E-state index is 14.3. The molecule has 0 aliphatic heterocycles. The van der Waals surface area contributed by atoms with Crippen LogP contribution in [0.25, 0.3) is 0 Å². The first-order valence-corrected chi connectivity index (χ1v) is 14.5. The van der Waals surface area contributed by atoms with Gasteiger partial charge >= 0.3 is 6.09 Å². The van der Waals surface area contributed by atoms with Crippen molar-refractivity contribution in [2.45, 2.75) is 97.8 Å². The molecule has 5 N–H and O–H groups in total. The molecule has 4 amide bonds. The summed E-state index contributed by atoms with van der Waals surface area (Å²) in [5.74, 6) is -1.61. The van der Waals surface area contributed by atoms with Gasteiger partial charge in [0.25, 0.3) is 5.91 Å². The number of nitrogens with two attached hydrogens (primary N) is 1. The minimum absolute atomic E-state index is 0.0133. The van der Waals surface area contributed by atoms with Crippen LogP contribution in [0, 0.1) is 13.8 Å².